The molecule has 1 aliphatic carbocycles. The number of amides is 2. The molecule has 1 saturated carbocycles. The molecule has 2 aromatic heterocycles. The van der Waals surface area contributed by atoms with Crippen LogP contribution in [0.5, 0.6) is 0 Å². The molecule has 2 aromatic rings. The second-order valence-corrected chi connectivity index (χ2v) is 8.46. The summed E-state index contributed by atoms with van der Waals surface area (Å²) >= 11 is 0. The Labute approximate surface area is 177 Å². The summed E-state index contributed by atoms with van der Waals surface area (Å²) in [4.78, 5) is 29.6. The van der Waals surface area contributed by atoms with Gasteiger partial charge in [0.15, 0.2) is 5.82 Å². The number of aromatic nitrogens is 3. The fourth-order valence-corrected chi connectivity index (χ4v) is 5.00. The van der Waals surface area contributed by atoms with E-state index in [0.717, 1.165) is 18.7 Å². The van der Waals surface area contributed by atoms with Crippen molar-refractivity contribution in [3.63, 3.8) is 0 Å². The Bertz CT molecular complexity index is 969. The van der Waals surface area contributed by atoms with Crippen molar-refractivity contribution in [2.75, 3.05) is 28.2 Å². The van der Waals surface area contributed by atoms with E-state index in [1.54, 1.807) is 17.2 Å². The number of carbonyl (C=O) groups is 1. The van der Waals surface area contributed by atoms with Gasteiger partial charge in [-0.3, -0.25) is 10.2 Å². The molecule has 2 fully saturated rings. The largest absolute Gasteiger partial charge is 0.391 e. The van der Waals surface area contributed by atoms with Crippen LogP contribution < -0.4 is 15.1 Å². The van der Waals surface area contributed by atoms with Crippen molar-refractivity contribution in [3.8, 4) is 0 Å². The molecule has 3 aliphatic rings. The minimum absolute atomic E-state index is 0.0358. The number of hydrogen-bond acceptors (Lipinski definition) is 5. The Morgan fingerprint density at radius 2 is 2.03 bits per heavy atom. The van der Waals surface area contributed by atoms with Crippen LogP contribution in [0.25, 0.3) is 0 Å². The number of hydrogen-bond donors (Lipinski definition) is 1. The van der Waals surface area contributed by atoms with Gasteiger partial charge in [0.2, 0.25) is 0 Å². The summed E-state index contributed by atoms with van der Waals surface area (Å²) in [6.07, 6.45) is 0.959. The second kappa shape index (κ2) is 7.65. The minimum atomic E-state index is -4.18. The maximum absolute atomic E-state index is 13.3. The van der Waals surface area contributed by atoms with E-state index in [2.05, 4.69) is 20.2 Å². The maximum atomic E-state index is 13.3. The van der Waals surface area contributed by atoms with Crippen LogP contribution in [0.15, 0.2) is 30.7 Å². The third-order valence-corrected chi connectivity index (χ3v) is 6.56. The third kappa shape index (κ3) is 3.79. The van der Waals surface area contributed by atoms with Crippen LogP contribution in [0, 0.1) is 5.92 Å². The van der Waals surface area contributed by atoms with E-state index >= 15 is 0 Å². The van der Waals surface area contributed by atoms with Gasteiger partial charge in [-0.25, -0.2) is 19.7 Å². The monoisotopic (exact) mass is 432 g/mol. The zero-order valence-corrected chi connectivity index (χ0v) is 16.8. The van der Waals surface area contributed by atoms with Gasteiger partial charge in [0, 0.05) is 30.9 Å². The number of rotatable bonds is 2. The summed E-state index contributed by atoms with van der Waals surface area (Å²) in [6, 6.07) is 4.97. The number of fused-ring (bicyclic) bond motifs is 4. The lowest BCUT2D eigenvalue weighted by atomic mass is 9.79. The van der Waals surface area contributed by atoms with Crippen molar-refractivity contribution in [3.05, 3.63) is 36.4 Å². The molecule has 1 N–H and O–H groups in total. The first-order valence-electron chi connectivity index (χ1n) is 10.6. The quantitative estimate of drug-likeness (QED) is 0.764. The number of halogens is 3. The molecule has 2 amide bonds. The summed E-state index contributed by atoms with van der Waals surface area (Å²) in [5.41, 5.74) is 1.48. The van der Waals surface area contributed by atoms with Crippen molar-refractivity contribution in [2.24, 2.45) is 5.92 Å². The molecule has 0 spiro atoms. The molecule has 2 aliphatic heterocycles. The molecular formula is C21H23F3N6O. The summed E-state index contributed by atoms with van der Waals surface area (Å²) in [6.45, 7) is 1.53. The molecule has 3 unspecified atom stereocenters. The second-order valence-electron chi connectivity index (χ2n) is 8.46. The van der Waals surface area contributed by atoms with Crippen molar-refractivity contribution in [1.82, 2.24) is 15.0 Å². The number of nitrogens with one attached hydrogen (secondary N) is 1. The van der Waals surface area contributed by atoms with E-state index in [-0.39, 0.29) is 30.8 Å². The third-order valence-electron chi connectivity index (χ3n) is 6.56. The molecule has 5 rings (SSSR count). The summed E-state index contributed by atoms with van der Waals surface area (Å²) in [5, 5.41) is 2.79. The van der Waals surface area contributed by atoms with Gasteiger partial charge >= 0.3 is 12.2 Å². The zero-order valence-electron chi connectivity index (χ0n) is 16.8. The van der Waals surface area contributed by atoms with Gasteiger partial charge in [0.1, 0.15) is 12.1 Å². The van der Waals surface area contributed by atoms with Gasteiger partial charge in [0.25, 0.3) is 0 Å². The van der Waals surface area contributed by atoms with E-state index < -0.39 is 12.1 Å². The first-order valence-corrected chi connectivity index (χ1v) is 10.6. The number of nitrogens with zero attached hydrogens (tertiary/aromatic N) is 5. The number of carbonyl (C=O) groups excluding carboxylic acids is 1. The average molecular weight is 432 g/mol. The molecule has 0 radical (unpaired) electrons. The average Bonchev–Trinajstić information content (AvgIpc) is 3.18. The van der Waals surface area contributed by atoms with Crippen LogP contribution in [-0.4, -0.2) is 46.3 Å². The molecule has 3 atom stereocenters. The Balaban J connectivity index is 1.45. The molecule has 1 saturated heterocycles. The highest BCUT2D eigenvalue weighted by atomic mass is 19.4. The summed E-state index contributed by atoms with van der Waals surface area (Å²) < 4.78 is 39.9. The lowest BCUT2D eigenvalue weighted by Crippen LogP contribution is -2.48. The van der Waals surface area contributed by atoms with Gasteiger partial charge in [-0.05, 0) is 43.9 Å². The fourth-order valence-electron chi connectivity index (χ4n) is 5.00. The smallest absolute Gasteiger partial charge is 0.366 e. The van der Waals surface area contributed by atoms with E-state index in [9.17, 15) is 18.0 Å². The number of urea groups is 1. The Kier molecular flexibility index (Phi) is 4.94. The van der Waals surface area contributed by atoms with E-state index in [1.165, 1.54) is 6.33 Å². The van der Waals surface area contributed by atoms with Gasteiger partial charge in [-0.15, -0.1) is 0 Å². The highest BCUT2D eigenvalue weighted by Gasteiger charge is 2.44. The van der Waals surface area contributed by atoms with Crippen LogP contribution in [0.3, 0.4) is 0 Å². The van der Waals surface area contributed by atoms with Crippen LogP contribution in [0.1, 0.15) is 43.7 Å². The highest BCUT2D eigenvalue weighted by Crippen LogP contribution is 2.45. The van der Waals surface area contributed by atoms with Gasteiger partial charge in [-0.2, -0.15) is 13.2 Å². The Hall–Kier alpha value is -2.91. The van der Waals surface area contributed by atoms with Crippen LogP contribution >= 0.6 is 0 Å². The Morgan fingerprint density at radius 1 is 1.16 bits per heavy atom. The molecule has 0 aromatic carbocycles. The van der Waals surface area contributed by atoms with Crippen LogP contribution in [0.2, 0.25) is 0 Å². The molecule has 10 heteroatoms. The molecule has 31 heavy (non-hydrogen) atoms. The van der Waals surface area contributed by atoms with Crippen molar-refractivity contribution in [2.45, 2.75) is 50.2 Å². The van der Waals surface area contributed by atoms with Crippen molar-refractivity contribution in [1.29, 1.82) is 0 Å². The summed E-state index contributed by atoms with van der Waals surface area (Å²) in [5.74, 6) is -0.640. The maximum Gasteiger partial charge on any atom is 0.391 e. The predicted octanol–water partition coefficient (Wildman–Crippen LogP) is 4.34. The topological polar surface area (TPSA) is 74.2 Å². The van der Waals surface area contributed by atoms with Crippen molar-refractivity contribution >= 4 is 23.4 Å². The zero-order chi connectivity index (χ0) is 21.6. The van der Waals surface area contributed by atoms with Gasteiger partial charge in [0.05, 0.1) is 17.6 Å². The van der Waals surface area contributed by atoms with Gasteiger partial charge in [-0.1, -0.05) is 6.42 Å². The molecular weight excluding hydrogens is 409 g/mol. The van der Waals surface area contributed by atoms with Gasteiger partial charge < -0.3 is 4.90 Å². The molecule has 4 heterocycles. The van der Waals surface area contributed by atoms with E-state index in [1.807, 2.05) is 12.1 Å². The SMILES string of the molecule is O=C(Nc1ccncn1)N1c2nc(C3CCCC(C(F)(F)F)C3)ccc2N2CCC1C2. The first kappa shape index (κ1) is 20.0. The lowest BCUT2D eigenvalue weighted by Gasteiger charge is -2.37. The van der Waals surface area contributed by atoms with E-state index in [0.29, 0.717) is 36.7 Å². The molecule has 2 bridgehead atoms. The van der Waals surface area contributed by atoms with E-state index in [4.69, 9.17) is 4.98 Å². The fraction of sp³-hybridized carbons (Fsp3) is 0.524. The van der Waals surface area contributed by atoms with Crippen LogP contribution in [-0.2, 0) is 0 Å². The predicted molar refractivity (Wildman–Crippen MR) is 109 cm³/mol. The van der Waals surface area contributed by atoms with Crippen LogP contribution in [0.4, 0.5) is 35.3 Å². The summed E-state index contributed by atoms with van der Waals surface area (Å²) in [7, 11) is 0. The highest BCUT2D eigenvalue weighted by molar-refractivity contribution is 6.04. The van der Waals surface area contributed by atoms with Crippen molar-refractivity contribution < 1.29 is 18.0 Å². The minimum Gasteiger partial charge on any atom is -0.366 e. The number of alkyl halides is 3. The number of anilines is 3. The molecule has 7 nitrogen and oxygen atoms in total. The number of pyridine rings is 1. The first-order chi connectivity index (χ1) is 14.9. The Morgan fingerprint density at radius 3 is 2.81 bits per heavy atom. The normalized spacial score (nSPS) is 25.3. The lowest BCUT2D eigenvalue weighted by molar-refractivity contribution is -0.183. The standard InChI is InChI=1S/C21H23F3N6O/c22-21(23,24)14-3-1-2-13(10-14)16-4-5-17-19(27-16)30(15-7-9-29(17)11-15)20(31)28-18-6-8-25-12-26-18/h4-6,8,12-15H,1-3,7,9-11H2,(H,25,26,28,31). The molecule has 164 valence electrons.